The molecule has 30 heavy (non-hydrogen) atoms. The van der Waals surface area contributed by atoms with Crippen molar-refractivity contribution in [2.75, 3.05) is 31.1 Å². The highest BCUT2D eigenvalue weighted by molar-refractivity contribution is 7.89. The number of nitrogens with one attached hydrogen (secondary N) is 1. The van der Waals surface area contributed by atoms with Crippen LogP contribution >= 0.6 is 0 Å². The fourth-order valence-corrected chi connectivity index (χ4v) is 4.92. The number of nitrogens with zero attached hydrogens (tertiary/aromatic N) is 2. The smallest absolute Gasteiger partial charge is 0.251 e. The molecule has 3 aromatic rings. The van der Waals surface area contributed by atoms with Crippen molar-refractivity contribution in [1.82, 2.24) is 9.62 Å². The van der Waals surface area contributed by atoms with Crippen molar-refractivity contribution in [2.45, 2.75) is 11.4 Å². The molecule has 2 aromatic carbocycles. The van der Waals surface area contributed by atoms with Crippen LogP contribution < -0.4 is 10.2 Å². The van der Waals surface area contributed by atoms with E-state index in [4.69, 9.17) is 4.42 Å². The Morgan fingerprint density at radius 3 is 2.40 bits per heavy atom. The summed E-state index contributed by atoms with van der Waals surface area (Å²) in [5.74, 6) is 0.278. The van der Waals surface area contributed by atoms with E-state index in [9.17, 15) is 13.2 Å². The molecule has 1 aliphatic heterocycles. The SMILES string of the molecule is O=C(NCc1ccco1)c1cccc(S(=O)(=O)N2CCN(c3ccccc3)CC2)c1. The Balaban J connectivity index is 1.43. The van der Waals surface area contributed by atoms with Crippen molar-refractivity contribution in [3.05, 3.63) is 84.3 Å². The van der Waals surface area contributed by atoms with Gasteiger partial charge >= 0.3 is 0 Å². The van der Waals surface area contributed by atoms with Gasteiger partial charge in [0.15, 0.2) is 0 Å². The van der Waals surface area contributed by atoms with Gasteiger partial charge in [0.25, 0.3) is 5.91 Å². The summed E-state index contributed by atoms with van der Waals surface area (Å²) in [6.45, 7) is 2.27. The van der Waals surface area contributed by atoms with Crippen molar-refractivity contribution in [2.24, 2.45) is 0 Å². The predicted molar refractivity (Wildman–Crippen MR) is 114 cm³/mol. The van der Waals surface area contributed by atoms with Crippen molar-refractivity contribution < 1.29 is 17.6 Å². The Kier molecular flexibility index (Phi) is 5.87. The molecule has 8 heteroatoms. The summed E-state index contributed by atoms with van der Waals surface area (Å²) < 4.78 is 32.9. The van der Waals surface area contributed by atoms with Gasteiger partial charge in [-0.3, -0.25) is 4.79 Å². The van der Waals surface area contributed by atoms with Gasteiger partial charge in [0.2, 0.25) is 10.0 Å². The number of sulfonamides is 1. The standard InChI is InChI=1S/C22H23N3O4S/c26-22(23-17-20-9-5-15-29-20)18-6-4-10-21(16-18)30(27,28)25-13-11-24(12-14-25)19-7-2-1-3-8-19/h1-10,15-16H,11-14,17H2,(H,23,26). The first kappa shape index (κ1) is 20.2. The lowest BCUT2D eigenvalue weighted by Crippen LogP contribution is -2.48. The zero-order valence-corrected chi connectivity index (χ0v) is 17.2. The Hall–Kier alpha value is -3.10. The van der Waals surface area contributed by atoms with Gasteiger partial charge in [-0.2, -0.15) is 4.31 Å². The summed E-state index contributed by atoms with van der Waals surface area (Å²) in [7, 11) is -3.67. The van der Waals surface area contributed by atoms with Crippen LogP contribution in [0.25, 0.3) is 0 Å². The molecule has 7 nitrogen and oxygen atoms in total. The molecule has 0 saturated carbocycles. The second-order valence-corrected chi connectivity index (χ2v) is 8.95. The van der Waals surface area contributed by atoms with Crippen LogP contribution in [0.4, 0.5) is 5.69 Å². The maximum Gasteiger partial charge on any atom is 0.251 e. The lowest BCUT2D eigenvalue weighted by Gasteiger charge is -2.35. The Morgan fingerprint density at radius 2 is 1.70 bits per heavy atom. The second-order valence-electron chi connectivity index (χ2n) is 7.02. The molecule has 0 aliphatic carbocycles. The average molecular weight is 426 g/mol. The Morgan fingerprint density at radius 1 is 0.933 bits per heavy atom. The molecule has 4 rings (SSSR count). The van der Waals surface area contributed by atoms with E-state index in [1.807, 2.05) is 30.3 Å². The second kappa shape index (κ2) is 8.73. The Bertz CT molecular complexity index is 1090. The van der Waals surface area contributed by atoms with E-state index in [1.54, 1.807) is 24.3 Å². The molecule has 0 atom stereocenters. The normalized spacial score (nSPS) is 15.1. The van der Waals surface area contributed by atoms with Gasteiger partial charge in [0.1, 0.15) is 5.76 Å². The van der Waals surface area contributed by atoms with E-state index in [0.717, 1.165) is 5.69 Å². The number of anilines is 1. The molecule has 0 spiro atoms. The monoisotopic (exact) mass is 425 g/mol. The molecule has 156 valence electrons. The zero-order chi connectivity index (χ0) is 21.0. The summed E-state index contributed by atoms with van der Waals surface area (Å²) in [6.07, 6.45) is 1.53. The summed E-state index contributed by atoms with van der Waals surface area (Å²) in [5.41, 5.74) is 1.38. The average Bonchev–Trinajstić information content (AvgIpc) is 3.32. The number of hydrogen-bond acceptors (Lipinski definition) is 5. The molecule has 0 bridgehead atoms. The van der Waals surface area contributed by atoms with Gasteiger partial charge in [-0.15, -0.1) is 0 Å². The highest BCUT2D eigenvalue weighted by Crippen LogP contribution is 2.21. The number of carbonyl (C=O) groups excluding carboxylic acids is 1. The van der Waals surface area contributed by atoms with E-state index >= 15 is 0 Å². The van der Waals surface area contributed by atoms with Gasteiger partial charge < -0.3 is 14.6 Å². The predicted octanol–water partition coefficient (Wildman–Crippen LogP) is 2.72. The molecule has 2 heterocycles. The van der Waals surface area contributed by atoms with Crippen molar-refractivity contribution in [3.8, 4) is 0 Å². The topological polar surface area (TPSA) is 82.9 Å². The number of furan rings is 1. The molecule has 1 aliphatic rings. The third-order valence-corrected chi connectivity index (χ3v) is 6.99. The van der Waals surface area contributed by atoms with Crippen LogP contribution in [0.3, 0.4) is 0 Å². The van der Waals surface area contributed by atoms with Gasteiger partial charge in [-0.25, -0.2) is 8.42 Å². The number of hydrogen-bond donors (Lipinski definition) is 1. The minimum atomic E-state index is -3.67. The van der Waals surface area contributed by atoms with Gasteiger partial charge in [0.05, 0.1) is 17.7 Å². The number of rotatable bonds is 6. The van der Waals surface area contributed by atoms with Crippen molar-refractivity contribution in [3.63, 3.8) is 0 Å². The summed E-state index contributed by atoms with van der Waals surface area (Å²) >= 11 is 0. The van der Waals surface area contributed by atoms with Crippen LogP contribution in [-0.2, 0) is 16.6 Å². The molecule has 1 amide bonds. The molecular weight excluding hydrogens is 402 g/mol. The number of amides is 1. The van der Waals surface area contributed by atoms with Crippen LogP contribution in [0.15, 0.2) is 82.3 Å². The number of benzene rings is 2. The highest BCUT2D eigenvalue weighted by Gasteiger charge is 2.29. The summed E-state index contributed by atoms with van der Waals surface area (Å²) in [4.78, 5) is 14.7. The fraction of sp³-hybridized carbons (Fsp3) is 0.227. The molecule has 1 N–H and O–H groups in total. The minimum Gasteiger partial charge on any atom is -0.467 e. The largest absolute Gasteiger partial charge is 0.467 e. The third-order valence-electron chi connectivity index (χ3n) is 5.10. The fourth-order valence-electron chi connectivity index (χ4n) is 3.45. The number of piperazine rings is 1. The maximum atomic E-state index is 13.1. The molecule has 1 aromatic heterocycles. The lowest BCUT2D eigenvalue weighted by molar-refractivity contribution is 0.0948. The third kappa shape index (κ3) is 4.39. The van der Waals surface area contributed by atoms with Crippen molar-refractivity contribution in [1.29, 1.82) is 0 Å². The summed E-state index contributed by atoms with van der Waals surface area (Å²) in [5, 5.41) is 2.74. The van der Waals surface area contributed by atoms with E-state index in [0.29, 0.717) is 37.5 Å². The lowest BCUT2D eigenvalue weighted by atomic mass is 10.2. The van der Waals surface area contributed by atoms with Gasteiger partial charge in [-0.1, -0.05) is 24.3 Å². The van der Waals surface area contributed by atoms with Crippen molar-refractivity contribution >= 4 is 21.6 Å². The first-order valence-corrected chi connectivity index (χ1v) is 11.2. The number of carbonyl (C=O) groups is 1. The minimum absolute atomic E-state index is 0.126. The molecule has 1 fully saturated rings. The van der Waals surface area contributed by atoms with Gasteiger partial charge in [0, 0.05) is 37.4 Å². The van der Waals surface area contributed by atoms with Crippen LogP contribution in [0.1, 0.15) is 16.1 Å². The van der Waals surface area contributed by atoms with E-state index < -0.39 is 10.0 Å². The van der Waals surface area contributed by atoms with Gasteiger partial charge in [-0.05, 0) is 42.5 Å². The molecule has 1 saturated heterocycles. The number of para-hydroxylation sites is 1. The van der Waals surface area contributed by atoms with Crippen LogP contribution in [0.5, 0.6) is 0 Å². The first-order valence-electron chi connectivity index (χ1n) is 9.75. The first-order chi connectivity index (χ1) is 14.5. The molecule has 0 radical (unpaired) electrons. The molecular formula is C22H23N3O4S. The van der Waals surface area contributed by atoms with Crippen LogP contribution in [0.2, 0.25) is 0 Å². The maximum absolute atomic E-state index is 13.1. The Labute approximate surface area is 176 Å². The van der Waals surface area contributed by atoms with Crippen LogP contribution in [0, 0.1) is 0 Å². The summed E-state index contributed by atoms with van der Waals surface area (Å²) in [6, 6.07) is 19.6. The zero-order valence-electron chi connectivity index (χ0n) is 16.4. The van der Waals surface area contributed by atoms with E-state index in [-0.39, 0.29) is 17.3 Å². The van der Waals surface area contributed by atoms with Crippen LogP contribution in [-0.4, -0.2) is 44.8 Å². The quantitative estimate of drug-likeness (QED) is 0.657. The molecule has 0 unspecified atom stereocenters. The van der Waals surface area contributed by atoms with E-state index in [2.05, 4.69) is 10.2 Å². The highest BCUT2D eigenvalue weighted by atomic mass is 32.2. The van der Waals surface area contributed by atoms with E-state index in [1.165, 1.54) is 22.7 Å².